The number of rotatable bonds is 5. The summed E-state index contributed by atoms with van der Waals surface area (Å²) in [5.74, 6) is -4.94. The number of ether oxygens (including phenoxy) is 1. The Bertz CT molecular complexity index is 1130. The molecule has 0 atom stereocenters. The fourth-order valence-corrected chi connectivity index (χ4v) is 3.90. The number of hydrogen-bond acceptors (Lipinski definition) is 4. The summed E-state index contributed by atoms with van der Waals surface area (Å²) in [6.07, 6.45) is 2.44. The topological polar surface area (TPSA) is 63.7 Å². The van der Waals surface area contributed by atoms with Crippen LogP contribution in [0.25, 0.3) is 0 Å². The lowest BCUT2D eigenvalue weighted by Gasteiger charge is -2.18. The summed E-state index contributed by atoms with van der Waals surface area (Å²) in [5, 5.41) is -0.203. The minimum absolute atomic E-state index is 0.167. The van der Waals surface area contributed by atoms with Gasteiger partial charge in [0.25, 0.3) is 11.8 Å². The quantitative estimate of drug-likeness (QED) is 0.487. The monoisotopic (exact) mass is 449 g/mol. The zero-order chi connectivity index (χ0) is 22.3. The number of nitrogens with zero attached hydrogens (tertiary/aromatic N) is 1. The van der Waals surface area contributed by atoms with Crippen LogP contribution in [0.15, 0.2) is 41.5 Å². The van der Waals surface area contributed by atoms with Crippen LogP contribution in [0.2, 0.25) is 5.02 Å². The third-order valence-electron chi connectivity index (χ3n) is 5.22. The summed E-state index contributed by atoms with van der Waals surface area (Å²) in [5.41, 5.74) is 0.0379. The summed E-state index contributed by atoms with van der Waals surface area (Å²) in [4.78, 5) is 38.4. The SMILES string of the molecule is O=C(COc1cc(N2C(=O)C3=C(CCCC3)C2=O)c(F)cc1Cl)c1ccc(F)cc1F. The number of benzene rings is 2. The molecule has 0 fully saturated rings. The fraction of sp³-hybridized carbons (Fsp3) is 0.227. The Morgan fingerprint density at radius 3 is 2.23 bits per heavy atom. The van der Waals surface area contributed by atoms with Gasteiger partial charge in [0, 0.05) is 23.3 Å². The van der Waals surface area contributed by atoms with Crippen LogP contribution in [0.3, 0.4) is 0 Å². The maximum absolute atomic E-state index is 14.6. The highest BCUT2D eigenvalue weighted by Gasteiger charge is 2.41. The zero-order valence-corrected chi connectivity index (χ0v) is 16.8. The van der Waals surface area contributed by atoms with E-state index in [4.69, 9.17) is 16.3 Å². The molecule has 9 heteroatoms. The minimum Gasteiger partial charge on any atom is -0.484 e. The maximum atomic E-state index is 14.6. The minimum atomic E-state index is -1.05. The van der Waals surface area contributed by atoms with E-state index in [-0.39, 0.29) is 22.0 Å². The highest BCUT2D eigenvalue weighted by atomic mass is 35.5. The number of halogens is 4. The van der Waals surface area contributed by atoms with Gasteiger partial charge in [0.05, 0.1) is 16.3 Å². The molecule has 160 valence electrons. The Morgan fingerprint density at radius 1 is 0.968 bits per heavy atom. The molecule has 0 bridgehead atoms. The van der Waals surface area contributed by atoms with Crippen molar-refractivity contribution in [1.82, 2.24) is 0 Å². The molecule has 2 aromatic rings. The Hall–Kier alpha value is -3.13. The number of hydrogen-bond donors (Lipinski definition) is 0. The van der Waals surface area contributed by atoms with Crippen molar-refractivity contribution >= 4 is 34.9 Å². The van der Waals surface area contributed by atoms with E-state index in [1.807, 2.05) is 0 Å². The smallest absolute Gasteiger partial charge is 0.261 e. The van der Waals surface area contributed by atoms with Gasteiger partial charge in [-0.15, -0.1) is 0 Å². The summed E-state index contributed by atoms with van der Waals surface area (Å²) < 4.78 is 46.7. The number of carbonyl (C=O) groups is 3. The largest absolute Gasteiger partial charge is 0.484 e. The molecule has 0 saturated carbocycles. The maximum Gasteiger partial charge on any atom is 0.261 e. The van der Waals surface area contributed by atoms with Gasteiger partial charge in [-0.3, -0.25) is 14.4 Å². The average Bonchev–Trinajstić information content (AvgIpc) is 2.98. The first-order chi connectivity index (χ1) is 14.8. The van der Waals surface area contributed by atoms with E-state index in [0.29, 0.717) is 30.1 Å². The third kappa shape index (κ3) is 3.83. The number of Topliss-reactive ketones (excluding diaryl/α,β-unsaturated/α-hetero) is 1. The van der Waals surface area contributed by atoms with E-state index >= 15 is 0 Å². The van der Waals surface area contributed by atoms with E-state index < -0.39 is 41.7 Å². The van der Waals surface area contributed by atoms with Crippen LogP contribution in [0.1, 0.15) is 36.0 Å². The zero-order valence-electron chi connectivity index (χ0n) is 16.0. The Morgan fingerprint density at radius 2 is 1.61 bits per heavy atom. The summed E-state index contributed by atoms with van der Waals surface area (Å²) in [7, 11) is 0. The molecule has 0 unspecified atom stereocenters. The van der Waals surface area contributed by atoms with Crippen molar-refractivity contribution < 1.29 is 32.3 Å². The molecule has 31 heavy (non-hydrogen) atoms. The van der Waals surface area contributed by atoms with Crippen molar-refractivity contribution in [3.05, 3.63) is 69.5 Å². The Labute approximate surface area is 180 Å². The van der Waals surface area contributed by atoms with Crippen molar-refractivity contribution in [2.24, 2.45) is 0 Å². The van der Waals surface area contributed by atoms with E-state index in [1.165, 1.54) is 0 Å². The van der Waals surface area contributed by atoms with Crippen LogP contribution >= 0.6 is 11.6 Å². The molecule has 0 saturated heterocycles. The molecule has 1 aliphatic heterocycles. The second-order valence-corrected chi connectivity index (χ2v) is 7.59. The molecule has 4 rings (SSSR count). The van der Waals surface area contributed by atoms with Crippen molar-refractivity contribution in [2.75, 3.05) is 11.5 Å². The lowest BCUT2D eigenvalue weighted by molar-refractivity contribution is -0.120. The molecule has 0 aromatic heterocycles. The Balaban J connectivity index is 1.58. The van der Waals surface area contributed by atoms with Gasteiger partial charge in [0.1, 0.15) is 23.2 Å². The van der Waals surface area contributed by atoms with Gasteiger partial charge in [0.15, 0.2) is 6.61 Å². The molecular formula is C22H15ClF3NO4. The summed E-state index contributed by atoms with van der Waals surface area (Å²) in [6.45, 7) is -0.677. The molecule has 2 aliphatic rings. The van der Waals surface area contributed by atoms with Crippen LogP contribution in [-0.2, 0) is 9.59 Å². The summed E-state index contributed by atoms with van der Waals surface area (Å²) >= 11 is 5.99. The van der Waals surface area contributed by atoms with Gasteiger partial charge in [-0.2, -0.15) is 0 Å². The lowest BCUT2D eigenvalue weighted by Crippen LogP contribution is -2.32. The van der Waals surface area contributed by atoms with Crippen LogP contribution in [0, 0.1) is 17.5 Å². The normalized spacial score (nSPS) is 16.1. The lowest BCUT2D eigenvalue weighted by atomic mass is 9.93. The van der Waals surface area contributed by atoms with Gasteiger partial charge in [-0.25, -0.2) is 18.1 Å². The van der Waals surface area contributed by atoms with E-state index in [0.717, 1.165) is 42.0 Å². The molecule has 2 aromatic carbocycles. The first-order valence-electron chi connectivity index (χ1n) is 9.49. The van der Waals surface area contributed by atoms with Gasteiger partial charge < -0.3 is 4.74 Å². The van der Waals surface area contributed by atoms with E-state index in [2.05, 4.69) is 0 Å². The van der Waals surface area contributed by atoms with E-state index in [9.17, 15) is 27.6 Å². The van der Waals surface area contributed by atoms with Crippen LogP contribution in [0.5, 0.6) is 5.75 Å². The predicted molar refractivity (Wildman–Crippen MR) is 106 cm³/mol. The van der Waals surface area contributed by atoms with E-state index in [1.54, 1.807) is 0 Å². The number of amides is 2. The summed E-state index contributed by atoms with van der Waals surface area (Å²) in [6, 6.07) is 4.40. The van der Waals surface area contributed by atoms with Gasteiger partial charge in [-0.05, 0) is 43.9 Å². The molecule has 2 amide bonds. The average molecular weight is 450 g/mol. The Kier molecular flexibility index (Phi) is 5.58. The molecule has 1 aliphatic carbocycles. The van der Waals surface area contributed by atoms with Crippen LogP contribution in [-0.4, -0.2) is 24.2 Å². The van der Waals surface area contributed by atoms with Crippen molar-refractivity contribution in [1.29, 1.82) is 0 Å². The van der Waals surface area contributed by atoms with Crippen molar-refractivity contribution in [2.45, 2.75) is 25.7 Å². The van der Waals surface area contributed by atoms with Gasteiger partial charge >= 0.3 is 0 Å². The van der Waals surface area contributed by atoms with Crippen molar-refractivity contribution in [3.63, 3.8) is 0 Å². The standard InChI is InChI=1S/C22H15ClF3NO4/c23-15-8-17(26)18(27-21(29)12-3-1-2-4-13(12)22(27)30)9-20(15)31-10-19(28)14-6-5-11(24)7-16(14)25/h5-9H,1-4,10H2. The predicted octanol–water partition coefficient (Wildman–Crippen LogP) is 4.76. The van der Waals surface area contributed by atoms with Gasteiger partial charge in [0.2, 0.25) is 5.78 Å². The molecule has 1 heterocycles. The van der Waals surface area contributed by atoms with Crippen LogP contribution in [0.4, 0.5) is 18.9 Å². The highest BCUT2D eigenvalue weighted by Crippen LogP contribution is 2.39. The molecule has 0 spiro atoms. The number of anilines is 1. The first-order valence-corrected chi connectivity index (χ1v) is 9.86. The number of imide groups is 1. The first kappa shape index (κ1) is 21.1. The van der Waals surface area contributed by atoms with Crippen molar-refractivity contribution in [3.8, 4) is 5.75 Å². The third-order valence-corrected chi connectivity index (χ3v) is 5.52. The molecule has 5 nitrogen and oxygen atoms in total. The second-order valence-electron chi connectivity index (χ2n) is 7.18. The fourth-order valence-electron chi connectivity index (χ4n) is 3.70. The molecule has 0 N–H and O–H groups in total. The number of ketones is 1. The molecular weight excluding hydrogens is 435 g/mol. The van der Waals surface area contributed by atoms with Gasteiger partial charge in [-0.1, -0.05) is 11.6 Å². The molecule has 0 radical (unpaired) electrons. The highest BCUT2D eigenvalue weighted by molar-refractivity contribution is 6.34. The number of carbonyl (C=O) groups excluding carboxylic acids is 3. The second kappa shape index (κ2) is 8.19. The van der Waals surface area contributed by atoms with Crippen LogP contribution < -0.4 is 9.64 Å².